The first-order valence-corrected chi connectivity index (χ1v) is 7.88. The van der Waals surface area contributed by atoms with Gasteiger partial charge in [0.1, 0.15) is 6.04 Å². The van der Waals surface area contributed by atoms with E-state index in [2.05, 4.69) is 17.3 Å². The predicted octanol–water partition coefficient (Wildman–Crippen LogP) is 2.83. The van der Waals surface area contributed by atoms with Crippen molar-refractivity contribution in [1.82, 2.24) is 10.2 Å². The average molecular weight is 362 g/mol. The molecule has 2 rings (SSSR count). The average Bonchev–Trinajstić information content (AvgIpc) is 3.01. The molecule has 0 radical (unpaired) electrons. The van der Waals surface area contributed by atoms with E-state index in [1.165, 1.54) is 31.2 Å². The zero-order chi connectivity index (χ0) is 15.2. The summed E-state index contributed by atoms with van der Waals surface area (Å²) in [5.41, 5.74) is 8.04. The second-order valence-corrected chi connectivity index (χ2v) is 6.10. The summed E-state index contributed by atoms with van der Waals surface area (Å²) in [5.74, 6) is -0.0984. The molecule has 6 heteroatoms. The normalized spacial score (nSPS) is 15.7. The molecule has 1 atom stereocenters. The number of nitrogens with two attached hydrogens (primary N) is 1. The van der Waals surface area contributed by atoms with Crippen LogP contribution in [0.4, 0.5) is 0 Å². The second kappa shape index (κ2) is 10.9. The van der Waals surface area contributed by atoms with Gasteiger partial charge in [0.05, 0.1) is 0 Å². The summed E-state index contributed by atoms with van der Waals surface area (Å²) in [5, 5.41) is 2.94. The van der Waals surface area contributed by atoms with Crippen LogP contribution in [0.3, 0.4) is 0 Å². The summed E-state index contributed by atoms with van der Waals surface area (Å²) in [4.78, 5) is 14.4. The number of halogens is 2. The maximum absolute atomic E-state index is 12.1. The third-order valence-corrected chi connectivity index (χ3v) is 4.43. The smallest absolute Gasteiger partial charge is 0.241 e. The van der Waals surface area contributed by atoms with Crippen molar-refractivity contribution in [2.24, 2.45) is 5.73 Å². The number of benzene rings is 1. The molecule has 1 amide bonds. The van der Waals surface area contributed by atoms with E-state index < -0.39 is 6.04 Å². The number of rotatable bonds is 6. The Hall–Kier alpha value is -0.810. The lowest BCUT2D eigenvalue weighted by atomic mass is 10.1. The van der Waals surface area contributed by atoms with Gasteiger partial charge >= 0.3 is 0 Å². The van der Waals surface area contributed by atoms with Gasteiger partial charge < -0.3 is 16.0 Å². The molecule has 1 aliphatic carbocycles. The highest BCUT2D eigenvalue weighted by molar-refractivity contribution is 5.85. The van der Waals surface area contributed by atoms with Gasteiger partial charge in [0.25, 0.3) is 0 Å². The van der Waals surface area contributed by atoms with Crippen molar-refractivity contribution in [3.05, 3.63) is 35.4 Å². The standard InChI is InChI=1S/C17H27N3O.2ClH/c1-13-7-9-14(10-8-13)16(18)17(21)19-11-12-20(2)15-5-3-4-6-15;;/h7-10,15-16H,3-6,11-12,18H2,1-2H3,(H,19,21);2*1H. The van der Waals surface area contributed by atoms with E-state index in [1.54, 1.807) is 0 Å². The molecule has 0 bridgehead atoms. The minimum absolute atomic E-state index is 0. The molecule has 1 saturated carbocycles. The maximum Gasteiger partial charge on any atom is 0.241 e. The summed E-state index contributed by atoms with van der Waals surface area (Å²) in [6.07, 6.45) is 5.24. The van der Waals surface area contributed by atoms with Crippen LogP contribution in [-0.2, 0) is 4.79 Å². The zero-order valence-corrected chi connectivity index (χ0v) is 15.6. The number of hydrogen-bond acceptors (Lipinski definition) is 3. The van der Waals surface area contributed by atoms with Gasteiger partial charge in [0.2, 0.25) is 5.91 Å². The lowest BCUT2D eigenvalue weighted by molar-refractivity contribution is -0.122. The van der Waals surface area contributed by atoms with E-state index in [0.29, 0.717) is 12.6 Å². The Labute approximate surface area is 152 Å². The van der Waals surface area contributed by atoms with Crippen molar-refractivity contribution in [2.75, 3.05) is 20.1 Å². The molecule has 1 aromatic rings. The van der Waals surface area contributed by atoms with Crippen molar-refractivity contribution < 1.29 is 4.79 Å². The van der Waals surface area contributed by atoms with E-state index in [9.17, 15) is 4.79 Å². The fraction of sp³-hybridized carbons (Fsp3) is 0.588. The molecule has 0 heterocycles. The van der Waals surface area contributed by atoms with Crippen LogP contribution in [0.2, 0.25) is 0 Å². The molecule has 132 valence electrons. The number of hydrogen-bond donors (Lipinski definition) is 2. The van der Waals surface area contributed by atoms with E-state index in [1.807, 2.05) is 31.2 Å². The first-order chi connectivity index (χ1) is 10.1. The van der Waals surface area contributed by atoms with Crippen molar-refractivity contribution in [1.29, 1.82) is 0 Å². The van der Waals surface area contributed by atoms with Crippen molar-refractivity contribution in [3.8, 4) is 0 Å². The molecule has 3 N–H and O–H groups in total. The summed E-state index contributed by atoms with van der Waals surface area (Å²) >= 11 is 0. The van der Waals surface area contributed by atoms with Crippen LogP contribution in [-0.4, -0.2) is 37.0 Å². The maximum atomic E-state index is 12.1. The number of aryl methyl sites for hydroxylation is 1. The van der Waals surface area contributed by atoms with Crippen LogP contribution in [0.1, 0.15) is 42.9 Å². The molecule has 0 aliphatic heterocycles. The van der Waals surface area contributed by atoms with Gasteiger partial charge in [-0.15, -0.1) is 24.8 Å². The lowest BCUT2D eigenvalue weighted by Gasteiger charge is -2.24. The fourth-order valence-electron chi connectivity index (χ4n) is 2.92. The third-order valence-electron chi connectivity index (χ3n) is 4.43. The highest BCUT2D eigenvalue weighted by Gasteiger charge is 2.20. The quantitative estimate of drug-likeness (QED) is 0.818. The van der Waals surface area contributed by atoms with Crippen LogP contribution in [0.25, 0.3) is 0 Å². The molecule has 0 aromatic heterocycles. The van der Waals surface area contributed by atoms with Crippen molar-refractivity contribution in [3.63, 3.8) is 0 Å². The Kier molecular flexibility index (Phi) is 10.5. The SMILES string of the molecule is Cc1ccc(C(N)C(=O)NCCN(C)C2CCCC2)cc1.Cl.Cl. The van der Waals surface area contributed by atoms with Gasteiger partial charge in [0, 0.05) is 19.1 Å². The molecule has 1 aliphatic rings. The third kappa shape index (κ3) is 6.68. The molecule has 0 spiro atoms. The van der Waals surface area contributed by atoms with Crippen LogP contribution in [0.15, 0.2) is 24.3 Å². The summed E-state index contributed by atoms with van der Waals surface area (Å²) in [6.45, 7) is 3.57. The molecule has 4 nitrogen and oxygen atoms in total. The van der Waals surface area contributed by atoms with E-state index in [0.717, 1.165) is 12.1 Å². The summed E-state index contributed by atoms with van der Waals surface area (Å²) in [7, 11) is 2.14. The van der Waals surface area contributed by atoms with Crippen molar-refractivity contribution >= 4 is 30.7 Å². The minimum Gasteiger partial charge on any atom is -0.353 e. The highest BCUT2D eigenvalue weighted by atomic mass is 35.5. The Bertz CT molecular complexity index is 461. The van der Waals surface area contributed by atoms with Crippen LogP contribution < -0.4 is 11.1 Å². The van der Waals surface area contributed by atoms with Crippen LogP contribution in [0, 0.1) is 6.92 Å². The second-order valence-electron chi connectivity index (χ2n) is 6.10. The molecular formula is C17H29Cl2N3O. The fourth-order valence-corrected chi connectivity index (χ4v) is 2.92. The first-order valence-electron chi connectivity index (χ1n) is 7.88. The largest absolute Gasteiger partial charge is 0.353 e. The van der Waals surface area contributed by atoms with Crippen molar-refractivity contribution in [2.45, 2.75) is 44.7 Å². The number of carbonyl (C=O) groups excluding carboxylic acids is 1. The van der Waals surface area contributed by atoms with E-state index in [4.69, 9.17) is 5.73 Å². The van der Waals surface area contributed by atoms with Gasteiger partial charge in [-0.3, -0.25) is 4.79 Å². The topological polar surface area (TPSA) is 58.4 Å². The number of likely N-dealkylation sites (N-methyl/N-ethyl adjacent to an activating group) is 1. The number of carbonyl (C=O) groups is 1. The highest BCUT2D eigenvalue weighted by Crippen LogP contribution is 2.21. The lowest BCUT2D eigenvalue weighted by Crippen LogP contribution is -2.40. The first kappa shape index (κ1) is 22.2. The molecular weight excluding hydrogens is 333 g/mol. The Morgan fingerprint density at radius 2 is 1.83 bits per heavy atom. The van der Waals surface area contributed by atoms with Gasteiger partial charge in [-0.05, 0) is 32.4 Å². The number of amides is 1. The predicted molar refractivity (Wildman–Crippen MR) is 100 cm³/mol. The van der Waals surface area contributed by atoms with Crippen LogP contribution >= 0.6 is 24.8 Å². The van der Waals surface area contributed by atoms with Gasteiger partial charge in [0.15, 0.2) is 0 Å². The molecule has 23 heavy (non-hydrogen) atoms. The van der Waals surface area contributed by atoms with Gasteiger partial charge in [-0.1, -0.05) is 42.7 Å². The molecule has 1 aromatic carbocycles. The zero-order valence-electron chi connectivity index (χ0n) is 14.0. The molecule has 0 saturated heterocycles. The number of nitrogens with one attached hydrogen (secondary N) is 1. The Balaban J connectivity index is 0.00000242. The van der Waals surface area contributed by atoms with E-state index >= 15 is 0 Å². The monoisotopic (exact) mass is 361 g/mol. The number of nitrogens with zero attached hydrogens (tertiary/aromatic N) is 1. The Morgan fingerprint density at radius 3 is 2.39 bits per heavy atom. The van der Waals surface area contributed by atoms with Crippen LogP contribution in [0.5, 0.6) is 0 Å². The van der Waals surface area contributed by atoms with E-state index in [-0.39, 0.29) is 30.7 Å². The molecule has 1 unspecified atom stereocenters. The van der Waals surface area contributed by atoms with Gasteiger partial charge in [-0.2, -0.15) is 0 Å². The minimum atomic E-state index is -0.581. The summed E-state index contributed by atoms with van der Waals surface area (Å²) < 4.78 is 0. The summed E-state index contributed by atoms with van der Waals surface area (Å²) in [6, 6.07) is 7.91. The Morgan fingerprint density at radius 1 is 1.26 bits per heavy atom. The molecule has 1 fully saturated rings. The van der Waals surface area contributed by atoms with Gasteiger partial charge in [-0.25, -0.2) is 0 Å².